The molecule has 1 aliphatic heterocycles. The molecule has 0 amide bonds. The van der Waals surface area contributed by atoms with E-state index >= 15 is 0 Å². The number of rotatable bonds is 1. The molecule has 5 nitrogen and oxygen atoms in total. The summed E-state index contributed by atoms with van der Waals surface area (Å²) in [7, 11) is 0. The second-order valence-electron chi connectivity index (χ2n) is 5.21. The summed E-state index contributed by atoms with van der Waals surface area (Å²) in [6.07, 6.45) is 3.33. The van der Waals surface area contributed by atoms with Crippen LogP contribution < -0.4 is 4.74 Å². The van der Waals surface area contributed by atoms with E-state index in [0.717, 1.165) is 22.5 Å². The first-order chi connectivity index (χ1) is 11.0. The third kappa shape index (κ3) is 2.13. The second kappa shape index (κ2) is 4.79. The lowest BCUT2D eigenvalue weighted by atomic mass is 10.1. The lowest BCUT2D eigenvalue weighted by Gasteiger charge is -2.00. The van der Waals surface area contributed by atoms with Crippen molar-refractivity contribution in [2.45, 2.75) is 0 Å². The highest BCUT2D eigenvalue weighted by molar-refractivity contribution is 6.31. The summed E-state index contributed by atoms with van der Waals surface area (Å²) in [6.45, 7) is 0. The molecule has 0 saturated heterocycles. The first-order valence-electron chi connectivity index (χ1n) is 6.80. The lowest BCUT2D eigenvalue weighted by molar-refractivity contribution is 0.101. The van der Waals surface area contributed by atoms with Crippen LogP contribution >= 0.6 is 11.6 Å². The number of Topliss-reactive ketones (excluding diaryl/α,β-unsaturated/α-hetero) is 1. The van der Waals surface area contributed by atoms with E-state index in [-0.39, 0.29) is 28.6 Å². The van der Waals surface area contributed by atoms with E-state index in [1.807, 2.05) is 6.07 Å². The fraction of sp³-hybridized carbons (Fsp3) is 0. The molecule has 4 rings (SSSR count). The summed E-state index contributed by atoms with van der Waals surface area (Å²) < 4.78 is 5.48. The average molecular weight is 328 g/mol. The van der Waals surface area contributed by atoms with Gasteiger partial charge < -0.3 is 19.9 Å². The lowest BCUT2D eigenvalue weighted by Crippen LogP contribution is -1.98. The Labute approximate surface area is 135 Å². The summed E-state index contributed by atoms with van der Waals surface area (Å²) in [5.74, 6) is -0.685. The van der Waals surface area contributed by atoms with Gasteiger partial charge in [-0.25, -0.2) is 0 Å². The first-order valence-corrected chi connectivity index (χ1v) is 7.17. The molecule has 1 aromatic heterocycles. The Balaban J connectivity index is 1.81. The Bertz CT molecular complexity index is 1000. The van der Waals surface area contributed by atoms with E-state index < -0.39 is 5.78 Å². The van der Waals surface area contributed by atoms with Gasteiger partial charge in [-0.1, -0.05) is 17.7 Å². The number of hydrogen-bond acceptors (Lipinski definition) is 4. The molecule has 0 saturated carbocycles. The maximum atomic E-state index is 12.4. The monoisotopic (exact) mass is 327 g/mol. The van der Waals surface area contributed by atoms with Crippen LogP contribution in [0.4, 0.5) is 0 Å². The van der Waals surface area contributed by atoms with Crippen molar-refractivity contribution in [3.05, 3.63) is 58.4 Å². The van der Waals surface area contributed by atoms with E-state index in [2.05, 4.69) is 4.98 Å². The second-order valence-corrected chi connectivity index (χ2v) is 5.65. The fourth-order valence-corrected chi connectivity index (χ4v) is 2.83. The zero-order valence-corrected chi connectivity index (χ0v) is 12.4. The number of halogens is 1. The first kappa shape index (κ1) is 13.7. The number of phenols is 2. The van der Waals surface area contributed by atoms with Crippen LogP contribution in [0.5, 0.6) is 17.2 Å². The van der Waals surface area contributed by atoms with Gasteiger partial charge in [-0.2, -0.15) is 0 Å². The van der Waals surface area contributed by atoms with Crippen LogP contribution in [-0.2, 0) is 0 Å². The number of carbonyl (C=O) groups is 1. The predicted octanol–water partition coefficient (Wildman–Crippen LogP) is 3.85. The van der Waals surface area contributed by atoms with Crippen LogP contribution in [0.15, 0.2) is 42.3 Å². The maximum absolute atomic E-state index is 12.4. The minimum absolute atomic E-state index is 0.0527. The van der Waals surface area contributed by atoms with Crippen molar-refractivity contribution < 1.29 is 19.7 Å². The van der Waals surface area contributed by atoms with E-state index in [1.165, 1.54) is 6.07 Å². The van der Waals surface area contributed by atoms with Gasteiger partial charge >= 0.3 is 0 Å². The Hall–Kier alpha value is -2.92. The van der Waals surface area contributed by atoms with Crippen molar-refractivity contribution in [1.29, 1.82) is 0 Å². The topological polar surface area (TPSA) is 82.6 Å². The number of aromatic hydroxyl groups is 2. The highest BCUT2D eigenvalue weighted by Gasteiger charge is 2.31. The molecule has 0 unspecified atom stereocenters. The molecule has 114 valence electrons. The van der Waals surface area contributed by atoms with Crippen LogP contribution in [-0.4, -0.2) is 21.0 Å². The van der Waals surface area contributed by atoms with Crippen molar-refractivity contribution in [3.8, 4) is 17.2 Å². The van der Waals surface area contributed by atoms with Crippen LogP contribution in [0.3, 0.4) is 0 Å². The molecular formula is C17H10ClNO4. The molecule has 1 aliphatic rings. The van der Waals surface area contributed by atoms with Crippen molar-refractivity contribution in [2.24, 2.45) is 0 Å². The van der Waals surface area contributed by atoms with Crippen molar-refractivity contribution in [1.82, 2.24) is 4.98 Å². The number of hydrogen-bond donors (Lipinski definition) is 3. The van der Waals surface area contributed by atoms with E-state index in [1.54, 1.807) is 24.4 Å². The summed E-state index contributed by atoms with van der Waals surface area (Å²) in [4.78, 5) is 15.5. The van der Waals surface area contributed by atoms with Crippen LogP contribution in [0, 0.1) is 0 Å². The van der Waals surface area contributed by atoms with Gasteiger partial charge in [0, 0.05) is 39.8 Å². The third-order valence-electron chi connectivity index (χ3n) is 3.70. The number of carbonyl (C=O) groups excluding carboxylic acids is 1. The molecule has 2 aromatic carbocycles. The van der Waals surface area contributed by atoms with Crippen molar-refractivity contribution in [3.63, 3.8) is 0 Å². The molecule has 0 radical (unpaired) electrons. The predicted molar refractivity (Wildman–Crippen MR) is 86.0 cm³/mol. The van der Waals surface area contributed by atoms with Gasteiger partial charge in [0.05, 0.1) is 0 Å². The smallest absolute Gasteiger partial charge is 0.235 e. The fourth-order valence-electron chi connectivity index (χ4n) is 2.66. The molecule has 0 aliphatic carbocycles. The largest absolute Gasteiger partial charge is 0.508 e. The molecular weight excluding hydrogens is 318 g/mol. The van der Waals surface area contributed by atoms with Gasteiger partial charge in [0.25, 0.3) is 0 Å². The van der Waals surface area contributed by atoms with Gasteiger partial charge in [-0.15, -0.1) is 0 Å². The SMILES string of the molecule is O=C1C(=Cc2c[nH]c3cc(Cl)ccc23)Oc2cc(O)cc(O)c21. The zero-order chi connectivity index (χ0) is 16.1. The summed E-state index contributed by atoms with van der Waals surface area (Å²) in [6, 6.07) is 7.79. The van der Waals surface area contributed by atoms with Gasteiger partial charge in [0.15, 0.2) is 5.76 Å². The number of H-pyrrole nitrogens is 1. The summed E-state index contributed by atoms with van der Waals surface area (Å²) in [5.41, 5.74) is 1.65. The standard InChI is InChI=1S/C17H10ClNO4/c18-9-1-2-11-8(7-19-12(11)4-9)3-15-17(22)16-13(21)5-10(20)6-14(16)23-15/h1-7,19-21H. The number of nitrogens with one attached hydrogen (secondary N) is 1. The number of phenolic OH excluding ortho intramolecular Hbond substituents is 2. The number of ether oxygens (including phenoxy) is 1. The molecule has 6 heteroatoms. The summed E-state index contributed by atoms with van der Waals surface area (Å²) in [5, 5.41) is 20.8. The quantitative estimate of drug-likeness (QED) is 0.593. The zero-order valence-electron chi connectivity index (χ0n) is 11.6. The van der Waals surface area contributed by atoms with Crippen LogP contribution in [0.25, 0.3) is 17.0 Å². The van der Waals surface area contributed by atoms with Gasteiger partial charge in [-0.05, 0) is 18.2 Å². The molecule has 2 heterocycles. The van der Waals surface area contributed by atoms with Crippen molar-refractivity contribution in [2.75, 3.05) is 0 Å². The average Bonchev–Trinajstić information content (AvgIpc) is 3.01. The van der Waals surface area contributed by atoms with Crippen molar-refractivity contribution >= 4 is 34.4 Å². The molecule has 0 atom stereocenters. The third-order valence-corrected chi connectivity index (χ3v) is 3.93. The van der Waals surface area contributed by atoms with E-state index in [9.17, 15) is 15.0 Å². The normalized spacial score (nSPS) is 15.2. The van der Waals surface area contributed by atoms with E-state index in [0.29, 0.717) is 5.02 Å². The van der Waals surface area contributed by atoms with Gasteiger partial charge in [0.2, 0.25) is 5.78 Å². The molecule has 0 spiro atoms. The Morgan fingerprint density at radius 1 is 1.17 bits per heavy atom. The number of benzene rings is 2. The number of aromatic amines is 1. The Morgan fingerprint density at radius 3 is 2.83 bits per heavy atom. The summed E-state index contributed by atoms with van der Waals surface area (Å²) >= 11 is 5.95. The van der Waals surface area contributed by atoms with Crippen LogP contribution in [0.2, 0.25) is 5.02 Å². The maximum Gasteiger partial charge on any atom is 0.235 e. The molecule has 3 N–H and O–H groups in total. The molecule has 0 fully saturated rings. The molecule has 3 aromatic rings. The number of allylic oxidation sites excluding steroid dienone is 1. The minimum atomic E-state index is -0.430. The van der Waals surface area contributed by atoms with Gasteiger partial charge in [0.1, 0.15) is 22.8 Å². The number of aromatic nitrogens is 1. The van der Waals surface area contributed by atoms with E-state index in [4.69, 9.17) is 16.3 Å². The molecule has 23 heavy (non-hydrogen) atoms. The highest BCUT2D eigenvalue weighted by Crippen LogP contribution is 2.40. The van der Waals surface area contributed by atoms with Crippen LogP contribution in [0.1, 0.15) is 15.9 Å². The molecule has 0 bridgehead atoms. The Kier molecular flexibility index (Phi) is 2.86. The highest BCUT2D eigenvalue weighted by atomic mass is 35.5. The Morgan fingerprint density at radius 2 is 2.00 bits per heavy atom. The van der Waals surface area contributed by atoms with Gasteiger partial charge in [-0.3, -0.25) is 4.79 Å². The minimum Gasteiger partial charge on any atom is -0.508 e. The number of fused-ring (bicyclic) bond motifs is 2. The number of ketones is 1.